The fourth-order valence-electron chi connectivity index (χ4n) is 1.73. The summed E-state index contributed by atoms with van der Waals surface area (Å²) < 4.78 is 5.19. The van der Waals surface area contributed by atoms with Gasteiger partial charge in [0.05, 0.1) is 18.4 Å². The zero-order valence-electron chi connectivity index (χ0n) is 9.38. The van der Waals surface area contributed by atoms with Crippen LogP contribution in [0.15, 0.2) is 0 Å². The van der Waals surface area contributed by atoms with Crippen LogP contribution in [0.5, 0.6) is 0 Å². The summed E-state index contributed by atoms with van der Waals surface area (Å²) in [5.74, 6) is -3.50. The second-order valence-corrected chi connectivity index (χ2v) is 3.97. The molecular formula is C10H15NO6. The van der Waals surface area contributed by atoms with Crippen molar-refractivity contribution in [3.05, 3.63) is 0 Å². The number of hydrogen-bond acceptors (Lipinski definition) is 4. The zero-order chi connectivity index (χ0) is 13.0. The van der Waals surface area contributed by atoms with Crippen LogP contribution >= 0.6 is 0 Å². The standard InChI is InChI=1S/C10H15NO6/c1-5-6(2-3-17-5)9(14)11-7(10(15)16)4-8(12)13/h5-7H,2-4H2,1H3,(H,11,14)(H,12,13)(H,15,16)/t5?,6?,7-/m0/s1. The van der Waals surface area contributed by atoms with Crippen molar-refractivity contribution in [2.75, 3.05) is 6.61 Å². The first-order valence-electron chi connectivity index (χ1n) is 5.28. The molecule has 3 N–H and O–H groups in total. The molecule has 1 aliphatic heterocycles. The summed E-state index contributed by atoms with van der Waals surface area (Å²) in [7, 11) is 0. The van der Waals surface area contributed by atoms with E-state index >= 15 is 0 Å². The molecule has 17 heavy (non-hydrogen) atoms. The van der Waals surface area contributed by atoms with Crippen LogP contribution in [0.3, 0.4) is 0 Å². The van der Waals surface area contributed by atoms with Crippen LogP contribution in [0.1, 0.15) is 19.8 Å². The number of aliphatic carboxylic acids is 2. The van der Waals surface area contributed by atoms with E-state index in [4.69, 9.17) is 14.9 Å². The number of ether oxygens (including phenoxy) is 1. The van der Waals surface area contributed by atoms with Crippen molar-refractivity contribution in [2.45, 2.75) is 31.9 Å². The molecule has 0 bridgehead atoms. The lowest BCUT2D eigenvalue weighted by atomic mass is 10.0. The number of hydrogen-bond donors (Lipinski definition) is 3. The Kier molecular flexibility index (Phi) is 4.45. The molecule has 1 fully saturated rings. The maximum atomic E-state index is 11.7. The van der Waals surface area contributed by atoms with Crippen LogP contribution in [0, 0.1) is 5.92 Å². The van der Waals surface area contributed by atoms with Gasteiger partial charge >= 0.3 is 11.9 Å². The summed E-state index contributed by atoms with van der Waals surface area (Å²) in [6.07, 6.45) is -0.385. The van der Waals surface area contributed by atoms with Gasteiger partial charge in [-0.25, -0.2) is 4.79 Å². The first-order valence-corrected chi connectivity index (χ1v) is 5.28. The lowest BCUT2D eigenvalue weighted by molar-refractivity contribution is -0.147. The van der Waals surface area contributed by atoms with Gasteiger partial charge in [0, 0.05) is 6.61 Å². The second kappa shape index (κ2) is 5.62. The van der Waals surface area contributed by atoms with Crippen LogP contribution in [0.25, 0.3) is 0 Å². The third-order valence-electron chi connectivity index (χ3n) is 2.71. The Morgan fingerprint density at radius 2 is 2.06 bits per heavy atom. The number of carboxylic acids is 2. The lowest BCUT2D eigenvalue weighted by Crippen LogP contribution is -2.46. The molecule has 0 aromatic rings. The van der Waals surface area contributed by atoms with E-state index in [2.05, 4.69) is 5.32 Å². The Hall–Kier alpha value is -1.63. The first kappa shape index (κ1) is 13.4. The Morgan fingerprint density at radius 3 is 2.47 bits per heavy atom. The lowest BCUT2D eigenvalue weighted by Gasteiger charge is -2.17. The quantitative estimate of drug-likeness (QED) is 0.599. The van der Waals surface area contributed by atoms with Gasteiger partial charge in [0.15, 0.2) is 0 Å². The Labute approximate surface area is 97.8 Å². The highest BCUT2D eigenvalue weighted by Gasteiger charge is 2.33. The maximum Gasteiger partial charge on any atom is 0.326 e. The molecule has 1 aliphatic rings. The third-order valence-corrected chi connectivity index (χ3v) is 2.71. The molecule has 7 nitrogen and oxygen atoms in total. The van der Waals surface area contributed by atoms with E-state index in [0.717, 1.165) is 0 Å². The minimum atomic E-state index is -1.40. The molecule has 0 saturated carbocycles. The van der Waals surface area contributed by atoms with E-state index in [-0.39, 0.29) is 6.10 Å². The van der Waals surface area contributed by atoms with Gasteiger partial charge in [0.25, 0.3) is 0 Å². The highest BCUT2D eigenvalue weighted by molar-refractivity contribution is 5.88. The Morgan fingerprint density at radius 1 is 1.41 bits per heavy atom. The molecule has 0 aromatic carbocycles. The molecule has 0 aromatic heterocycles. The third kappa shape index (κ3) is 3.70. The smallest absolute Gasteiger partial charge is 0.326 e. The van der Waals surface area contributed by atoms with Crippen molar-refractivity contribution < 1.29 is 29.3 Å². The SMILES string of the molecule is CC1OCCC1C(=O)N[C@@H](CC(=O)O)C(=O)O. The number of carbonyl (C=O) groups excluding carboxylic acids is 1. The minimum absolute atomic E-state index is 0.269. The first-order chi connectivity index (χ1) is 7.91. The van der Waals surface area contributed by atoms with E-state index in [0.29, 0.717) is 13.0 Å². The molecule has 1 rings (SSSR count). The van der Waals surface area contributed by atoms with Gasteiger partial charge in [-0.1, -0.05) is 0 Å². The number of nitrogens with one attached hydrogen (secondary N) is 1. The van der Waals surface area contributed by atoms with Crippen molar-refractivity contribution in [1.29, 1.82) is 0 Å². The maximum absolute atomic E-state index is 11.7. The number of carboxylic acid groups (broad SMARTS) is 2. The monoisotopic (exact) mass is 245 g/mol. The van der Waals surface area contributed by atoms with Crippen LogP contribution in [0.4, 0.5) is 0 Å². The summed E-state index contributed by atoms with van der Waals surface area (Å²) in [5, 5.41) is 19.5. The minimum Gasteiger partial charge on any atom is -0.481 e. The van der Waals surface area contributed by atoms with Crippen LogP contribution in [0.2, 0.25) is 0 Å². The van der Waals surface area contributed by atoms with Gasteiger partial charge in [-0.2, -0.15) is 0 Å². The highest BCUT2D eigenvalue weighted by atomic mass is 16.5. The molecule has 96 valence electrons. The van der Waals surface area contributed by atoms with Crippen molar-refractivity contribution in [3.8, 4) is 0 Å². The fraction of sp³-hybridized carbons (Fsp3) is 0.700. The van der Waals surface area contributed by atoms with E-state index in [1.54, 1.807) is 6.92 Å². The van der Waals surface area contributed by atoms with Gasteiger partial charge in [-0.05, 0) is 13.3 Å². The molecule has 1 saturated heterocycles. The average Bonchev–Trinajstić information content (AvgIpc) is 2.62. The average molecular weight is 245 g/mol. The van der Waals surface area contributed by atoms with Crippen molar-refractivity contribution in [1.82, 2.24) is 5.32 Å². The van der Waals surface area contributed by atoms with E-state index in [9.17, 15) is 14.4 Å². The van der Waals surface area contributed by atoms with E-state index < -0.39 is 36.2 Å². The van der Waals surface area contributed by atoms with Gasteiger partial charge in [-0.15, -0.1) is 0 Å². The second-order valence-electron chi connectivity index (χ2n) is 3.97. The number of amides is 1. The molecule has 0 spiro atoms. The molecule has 2 unspecified atom stereocenters. The summed E-state index contributed by atoms with van der Waals surface area (Å²) in [6.45, 7) is 2.18. The van der Waals surface area contributed by atoms with Crippen molar-refractivity contribution in [2.24, 2.45) is 5.92 Å². The largest absolute Gasteiger partial charge is 0.481 e. The van der Waals surface area contributed by atoms with E-state index in [1.807, 2.05) is 0 Å². The van der Waals surface area contributed by atoms with Crippen LogP contribution in [-0.4, -0.2) is 46.8 Å². The normalized spacial score (nSPS) is 25.2. The zero-order valence-corrected chi connectivity index (χ0v) is 9.38. The van der Waals surface area contributed by atoms with Crippen LogP contribution in [-0.2, 0) is 19.1 Å². The van der Waals surface area contributed by atoms with Crippen LogP contribution < -0.4 is 5.32 Å². The topological polar surface area (TPSA) is 113 Å². The number of carbonyl (C=O) groups is 3. The Bertz CT molecular complexity index is 329. The highest BCUT2D eigenvalue weighted by Crippen LogP contribution is 2.20. The number of rotatable bonds is 5. The molecule has 1 heterocycles. The van der Waals surface area contributed by atoms with E-state index in [1.165, 1.54) is 0 Å². The van der Waals surface area contributed by atoms with Gasteiger partial charge in [0.2, 0.25) is 5.91 Å². The van der Waals surface area contributed by atoms with Crippen molar-refractivity contribution in [3.63, 3.8) is 0 Å². The Balaban J connectivity index is 2.57. The summed E-state index contributed by atoms with van der Waals surface area (Å²) >= 11 is 0. The molecule has 3 atom stereocenters. The molecule has 0 aliphatic carbocycles. The van der Waals surface area contributed by atoms with Gasteiger partial charge in [-0.3, -0.25) is 9.59 Å². The predicted octanol–water partition coefficient (Wildman–Crippen LogP) is -0.544. The summed E-state index contributed by atoms with van der Waals surface area (Å²) in [4.78, 5) is 32.9. The van der Waals surface area contributed by atoms with Gasteiger partial charge in [0.1, 0.15) is 6.04 Å². The summed E-state index contributed by atoms with van der Waals surface area (Å²) in [6, 6.07) is -1.40. The van der Waals surface area contributed by atoms with Crippen molar-refractivity contribution >= 4 is 17.8 Å². The molecule has 1 amide bonds. The van der Waals surface area contributed by atoms with Gasteiger partial charge < -0.3 is 20.3 Å². The molecule has 7 heteroatoms. The fourth-order valence-corrected chi connectivity index (χ4v) is 1.73. The predicted molar refractivity (Wildman–Crippen MR) is 55.3 cm³/mol. The summed E-state index contributed by atoms with van der Waals surface area (Å²) in [5.41, 5.74) is 0. The molecule has 0 radical (unpaired) electrons. The molecular weight excluding hydrogens is 230 g/mol.